The first kappa shape index (κ1) is 24.8. The van der Waals surface area contributed by atoms with Crippen molar-refractivity contribution in [2.75, 3.05) is 0 Å². The molecule has 0 unspecified atom stereocenters. The SMILES string of the molecule is Br.O=NO.[H-].[H-].[Na+].[Na+]. The Morgan fingerprint density at radius 1 is 1.50 bits per heavy atom. The van der Waals surface area contributed by atoms with Crippen molar-refractivity contribution in [3.05, 3.63) is 4.91 Å². The fraction of sp³-hybridized carbons (Fsp3) is 0. The number of nitrogens with zero attached hydrogens (tertiary/aromatic N) is 1. The second kappa shape index (κ2) is 28.7. The molecule has 6 heavy (non-hydrogen) atoms. The molecule has 0 aliphatic carbocycles. The van der Waals surface area contributed by atoms with E-state index < -0.39 is 0 Å². The van der Waals surface area contributed by atoms with Crippen molar-refractivity contribution in [1.29, 1.82) is 0 Å². The maximum Gasteiger partial charge on any atom is 1.00 e. The summed E-state index contributed by atoms with van der Waals surface area (Å²) < 4.78 is 0. The quantitative estimate of drug-likeness (QED) is 0.228. The largest absolute Gasteiger partial charge is 1.00 e. The molecule has 0 amide bonds. The Morgan fingerprint density at radius 3 is 1.50 bits per heavy atom. The summed E-state index contributed by atoms with van der Waals surface area (Å²) in [6, 6.07) is 0. The fourth-order valence-corrected chi connectivity index (χ4v) is 0. The van der Waals surface area contributed by atoms with E-state index in [1.807, 2.05) is 0 Å². The molecule has 0 aliphatic heterocycles. The first-order valence-electron chi connectivity index (χ1n) is 0.383. The summed E-state index contributed by atoms with van der Waals surface area (Å²) >= 11 is 0. The van der Waals surface area contributed by atoms with E-state index in [0.29, 0.717) is 0 Å². The van der Waals surface area contributed by atoms with Gasteiger partial charge in [-0.05, 0) is 0 Å². The van der Waals surface area contributed by atoms with Crippen LogP contribution in [0.3, 0.4) is 0 Å². The zero-order chi connectivity index (χ0) is 2.71. The molecule has 0 fully saturated rings. The Kier molecular flexibility index (Phi) is 118. The van der Waals surface area contributed by atoms with E-state index in [2.05, 4.69) is 0 Å². The van der Waals surface area contributed by atoms with Crippen LogP contribution in [-0.2, 0) is 0 Å². The van der Waals surface area contributed by atoms with Crippen molar-refractivity contribution in [3.8, 4) is 0 Å². The molecule has 0 aromatic heterocycles. The van der Waals surface area contributed by atoms with Gasteiger partial charge < -0.3 is 8.06 Å². The van der Waals surface area contributed by atoms with Gasteiger partial charge in [0, 0.05) is 0 Å². The molecule has 0 saturated heterocycles. The summed E-state index contributed by atoms with van der Waals surface area (Å²) in [6.07, 6.45) is 0. The third kappa shape index (κ3) is 39.6. The molecule has 0 atom stereocenters. The van der Waals surface area contributed by atoms with Gasteiger partial charge in [0.15, 0.2) is 5.34 Å². The second-order valence-electron chi connectivity index (χ2n) is 0.0816. The average molecular weight is 176 g/mol. The van der Waals surface area contributed by atoms with Crippen LogP contribution in [-0.4, -0.2) is 5.21 Å². The van der Waals surface area contributed by atoms with Crippen LogP contribution in [0.15, 0.2) is 5.34 Å². The normalized spacial score (nSPS) is 2.00. The average Bonchev–Trinajstić information content (AvgIpc) is 0.918. The topological polar surface area (TPSA) is 49.7 Å². The summed E-state index contributed by atoms with van der Waals surface area (Å²) in [5.74, 6) is 0. The summed E-state index contributed by atoms with van der Waals surface area (Å²) in [6.45, 7) is 0. The van der Waals surface area contributed by atoms with Crippen LogP contribution in [0.1, 0.15) is 2.85 Å². The Morgan fingerprint density at radius 2 is 1.50 bits per heavy atom. The van der Waals surface area contributed by atoms with E-state index in [0.717, 1.165) is 0 Å². The molecule has 0 aromatic carbocycles. The molecule has 1 N–H and O–H groups in total. The summed E-state index contributed by atoms with van der Waals surface area (Å²) in [5, 5.41) is 7.89. The third-order valence-corrected chi connectivity index (χ3v) is 0. The first-order chi connectivity index (χ1) is 1.41. The van der Waals surface area contributed by atoms with Crippen molar-refractivity contribution >= 4 is 17.0 Å². The van der Waals surface area contributed by atoms with Crippen molar-refractivity contribution in [2.45, 2.75) is 0 Å². The Hall–Kier alpha value is 1.88. The van der Waals surface area contributed by atoms with Gasteiger partial charge in [0.2, 0.25) is 0 Å². The molecule has 6 heteroatoms. The van der Waals surface area contributed by atoms with Crippen LogP contribution < -0.4 is 59.1 Å². The van der Waals surface area contributed by atoms with Crippen molar-refractivity contribution < 1.29 is 67.2 Å². The van der Waals surface area contributed by atoms with E-state index in [-0.39, 0.29) is 78.9 Å². The van der Waals surface area contributed by atoms with Gasteiger partial charge in [-0.1, -0.05) is 0 Å². The van der Waals surface area contributed by atoms with Crippen LogP contribution in [0, 0.1) is 4.91 Å². The molecular weight excluding hydrogens is 172 g/mol. The number of halogens is 1. The second-order valence-corrected chi connectivity index (χ2v) is 0.0816. The van der Waals surface area contributed by atoms with Crippen LogP contribution in [0.4, 0.5) is 0 Å². The maximum absolute atomic E-state index is 8.11. The van der Waals surface area contributed by atoms with Gasteiger partial charge in [-0.15, -0.1) is 21.9 Å². The molecule has 0 radical (unpaired) electrons. The van der Waals surface area contributed by atoms with E-state index >= 15 is 0 Å². The zero-order valence-corrected chi connectivity index (χ0v) is 9.42. The molecule has 0 heterocycles. The standard InChI is InChI=1S/BrH.HNO2.2Na.2H/c;2-1-3;;;;/h1H;(H,2,3);;;;/q;;2*+1;2*-1. The summed E-state index contributed by atoms with van der Waals surface area (Å²) in [7, 11) is 0. The van der Waals surface area contributed by atoms with Crippen LogP contribution in [0.2, 0.25) is 0 Å². The number of rotatable bonds is 0. The predicted octanol–water partition coefficient (Wildman–Crippen LogP) is -5.05. The molecular formula is H4BrNNa2O2. The molecule has 0 aliphatic rings. The van der Waals surface area contributed by atoms with Crippen LogP contribution in [0.25, 0.3) is 0 Å². The van der Waals surface area contributed by atoms with E-state index in [4.69, 9.17) is 10.1 Å². The molecule has 3 nitrogen and oxygen atoms in total. The van der Waals surface area contributed by atoms with Crippen LogP contribution >= 0.6 is 17.0 Å². The van der Waals surface area contributed by atoms with E-state index in [9.17, 15) is 0 Å². The van der Waals surface area contributed by atoms with Gasteiger partial charge in [-0.3, -0.25) is 0 Å². The van der Waals surface area contributed by atoms with E-state index in [1.54, 1.807) is 0 Å². The first-order valence-corrected chi connectivity index (χ1v) is 0.383. The smallest absolute Gasteiger partial charge is 1.00 e. The molecule has 0 rings (SSSR count). The predicted molar refractivity (Wildman–Crippen MR) is 20.1 cm³/mol. The molecule has 0 aromatic rings. The maximum atomic E-state index is 8.11. The van der Waals surface area contributed by atoms with Gasteiger partial charge in [-0.25, -0.2) is 0 Å². The van der Waals surface area contributed by atoms with E-state index in [1.165, 1.54) is 5.34 Å². The van der Waals surface area contributed by atoms with Crippen molar-refractivity contribution in [1.82, 2.24) is 0 Å². The monoisotopic (exact) mass is 175 g/mol. The van der Waals surface area contributed by atoms with Gasteiger partial charge >= 0.3 is 59.1 Å². The Labute approximate surface area is 93.1 Å². The molecule has 0 saturated carbocycles. The fourth-order valence-electron chi connectivity index (χ4n) is 0. The van der Waals surface area contributed by atoms with Crippen molar-refractivity contribution in [3.63, 3.8) is 0 Å². The Balaban J connectivity index is -0.00000000200. The minimum atomic E-state index is 0. The molecule has 30 valence electrons. The zero-order valence-electron chi connectivity index (χ0n) is 5.71. The minimum absolute atomic E-state index is 0. The summed E-state index contributed by atoms with van der Waals surface area (Å²) in [4.78, 5) is 8.11. The van der Waals surface area contributed by atoms with Gasteiger partial charge in [0.25, 0.3) is 0 Å². The van der Waals surface area contributed by atoms with Gasteiger partial charge in [0.05, 0.1) is 0 Å². The molecule has 0 spiro atoms. The van der Waals surface area contributed by atoms with Gasteiger partial charge in [0.1, 0.15) is 0 Å². The third-order valence-electron chi connectivity index (χ3n) is 0. The van der Waals surface area contributed by atoms with Crippen molar-refractivity contribution in [2.24, 2.45) is 5.34 Å². The molecule has 0 bridgehead atoms. The minimum Gasteiger partial charge on any atom is -1.00 e. The summed E-state index contributed by atoms with van der Waals surface area (Å²) in [5.41, 5.74) is 0. The number of hydrogen-bond acceptors (Lipinski definition) is 2. The van der Waals surface area contributed by atoms with Gasteiger partial charge in [-0.2, -0.15) is 0 Å². The van der Waals surface area contributed by atoms with Crippen LogP contribution in [0.5, 0.6) is 0 Å². The Bertz CT molecular complexity index is 25.5. The number of hydrogen-bond donors (Lipinski definition) is 1.